The van der Waals surface area contributed by atoms with E-state index in [1.165, 1.54) is 25.2 Å². The summed E-state index contributed by atoms with van der Waals surface area (Å²) in [7, 11) is 0.0963. The molecule has 258 valence electrons. The van der Waals surface area contributed by atoms with Crippen molar-refractivity contribution in [2.45, 2.75) is 78.3 Å². The minimum absolute atomic E-state index is 0.0963. The van der Waals surface area contributed by atoms with Gasteiger partial charge in [-0.1, -0.05) is 35.9 Å². The summed E-state index contributed by atoms with van der Waals surface area (Å²) >= 11 is 0. The van der Waals surface area contributed by atoms with E-state index in [4.69, 9.17) is 4.74 Å². The van der Waals surface area contributed by atoms with Crippen LogP contribution >= 0.6 is 10.5 Å². The summed E-state index contributed by atoms with van der Waals surface area (Å²) in [5.41, 5.74) is -0.0182. The van der Waals surface area contributed by atoms with E-state index >= 15 is 0 Å². The molecule has 1 fully saturated rings. The zero-order chi connectivity index (χ0) is 34.4. The number of anilines is 2. The smallest absolute Gasteiger partial charge is 0.416 e. The number of hydrogen-bond donors (Lipinski definition) is 0. The fraction of sp³-hybridized carbons (Fsp3) is 0.514. The van der Waals surface area contributed by atoms with Crippen molar-refractivity contribution in [3.8, 4) is 5.75 Å². The molecule has 0 amide bonds. The van der Waals surface area contributed by atoms with Gasteiger partial charge in [-0.15, -0.1) is 0 Å². The lowest BCUT2D eigenvalue weighted by Gasteiger charge is -2.34. The summed E-state index contributed by atoms with van der Waals surface area (Å²) in [6.07, 6.45) is -0.0930. The first-order valence-corrected chi connectivity index (χ1v) is 17.8. The molecule has 2 aromatic carbocycles. The molecule has 1 saturated carbocycles. The first-order valence-electron chi connectivity index (χ1n) is 16.0. The molecule has 12 heteroatoms. The predicted octanol–water partition coefficient (Wildman–Crippen LogP) is 9.71. The average Bonchev–Trinajstić information content (AvgIpc) is 3.55. The Labute approximate surface area is 276 Å². The summed E-state index contributed by atoms with van der Waals surface area (Å²) in [5, 5.41) is 2.10. The lowest BCUT2D eigenvalue weighted by atomic mass is 9.98. The molecule has 1 aromatic heterocycles. The van der Waals surface area contributed by atoms with E-state index in [-0.39, 0.29) is 34.6 Å². The van der Waals surface area contributed by atoms with Crippen molar-refractivity contribution in [1.29, 1.82) is 0 Å². The highest BCUT2D eigenvalue weighted by atomic mass is 32.2. The molecule has 47 heavy (non-hydrogen) atoms. The number of rotatable bonds is 13. The second kappa shape index (κ2) is 15.7. The van der Waals surface area contributed by atoms with Crippen LogP contribution in [0.1, 0.15) is 80.3 Å². The van der Waals surface area contributed by atoms with Gasteiger partial charge >= 0.3 is 12.4 Å². The molecule has 1 aliphatic carbocycles. The van der Waals surface area contributed by atoms with Crippen LogP contribution < -0.4 is 14.5 Å². The van der Waals surface area contributed by atoms with Crippen molar-refractivity contribution in [2.24, 2.45) is 5.92 Å². The molecule has 3 aromatic rings. The van der Waals surface area contributed by atoms with Gasteiger partial charge in [0, 0.05) is 31.1 Å². The zero-order valence-corrected chi connectivity index (χ0v) is 28.4. The largest absolute Gasteiger partial charge is 0.490 e. The summed E-state index contributed by atoms with van der Waals surface area (Å²) in [6.45, 7) is 9.86. The van der Waals surface area contributed by atoms with Crippen LogP contribution in [0.4, 0.5) is 38.0 Å². The van der Waals surface area contributed by atoms with Crippen molar-refractivity contribution < 1.29 is 31.1 Å². The second-order valence-electron chi connectivity index (χ2n) is 12.2. The quantitative estimate of drug-likeness (QED) is 0.133. The molecule has 2 atom stereocenters. The number of benzene rings is 2. The first-order chi connectivity index (χ1) is 22.2. The van der Waals surface area contributed by atoms with E-state index in [1.807, 2.05) is 32.0 Å². The molecule has 0 N–H and O–H groups in total. The van der Waals surface area contributed by atoms with Gasteiger partial charge in [-0.25, -0.2) is 9.97 Å². The molecule has 4 rings (SSSR count). The Bertz CT molecular complexity index is 1470. The van der Waals surface area contributed by atoms with Gasteiger partial charge in [0.1, 0.15) is 0 Å². The second-order valence-corrected chi connectivity index (χ2v) is 14.4. The van der Waals surface area contributed by atoms with Crippen molar-refractivity contribution in [3.63, 3.8) is 0 Å². The first kappa shape index (κ1) is 36.6. The third-order valence-electron chi connectivity index (χ3n) is 8.76. The molecule has 0 radical (unpaired) electrons. The van der Waals surface area contributed by atoms with Crippen LogP contribution in [0.25, 0.3) is 0 Å². The molecule has 0 bridgehead atoms. The standard InChI is InChI=1S/C35H44F6N4OS/c1-6-44(22-26-10-8-9-11-26)32-13-12-24(3)16-28(32)23-45(33-42-20-31(21-43-33)46-14-15-47(5)7-2)25(4)27-17-29(34(36,37)38)19-30(18-27)35(39,40)41/h7,12-13,16-21,25-26H,6,8-11,14-15,22-23H2,1-5H3. The Hall–Kier alpha value is -3.28. The number of ether oxygens (including phenoxy) is 1. The minimum atomic E-state index is -4.96. The van der Waals surface area contributed by atoms with Crippen molar-refractivity contribution >= 4 is 27.5 Å². The number of alkyl halides is 6. The van der Waals surface area contributed by atoms with Crippen molar-refractivity contribution in [2.75, 3.05) is 41.5 Å². The van der Waals surface area contributed by atoms with Crippen molar-refractivity contribution in [3.05, 3.63) is 76.6 Å². The number of aryl methyl sites for hydroxylation is 1. The molecular formula is C35H44F6N4OS. The van der Waals surface area contributed by atoms with E-state index in [2.05, 4.69) is 33.4 Å². The topological polar surface area (TPSA) is 41.5 Å². The summed E-state index contributed by atoms with van der Waals surface area (Å²) in [5.74, 6) is 1.99. The Morgan fingerprint density at radius 1 is 0.979 bits per heavy atom. The highest BCUT2D eigenvalue weighted by molar-refractivity contribution is 8.14. The fourth-order valence-electron chi connectivity index (χ4n) is 5.96. The highest BCUT2D eigenvalue weighted by Gasteiger charge is 2.38. The Morgan fingerprint density at radius 2 is 1.60 bits per heavy atom. The Kier molecular flexibility index (Phi) is 12.2. The van der Waals surface area contributed by atoms with E-state index < -0.39 is 29.5 Å². The maximum absolute atomic E-state index is 13.9. The van der Waals surface area contributed by atoms with Gasteiger partial charge in [-0.3, -0.25) is 0 Å². The third kappa shape index (κ3) is 9.87. The van der Waals surface area contributed by atoms with E-state index in [0.717, 1.165) is 60.6 Å². The lowest BCUT2D eigenvalue weighted by molar-refractivity contribution is -0.143. The van der Waals surface area contributed by atoms with Gasteiger partial charge in [0.05, 0.1) is 36.2 Å². The van der Waals surface area contributed by atoms with Gasteiger partial charge < -0.3 is 14.5 Å². The summed E-state index contributed by atoms with van der Waals surface area (Å²) < 4.78 is 88.9. The van der Waals surface area contributed by atoms with Crippen LogP contribution in [0.5, 0.6) is 5.75 Å². The van der Waals surface area contributed by atoms with E-state index in [9.17, 15) is 26.3 Å². The number of nitrogens with zero attached hydrogens (tertiary/aromatic N) is 4. The summed E-state index contributed by atoms with van der Waals surface area (Å²) in [6, 6.07) is 6.86. The van der Waals surface area contributed by atoms with Gasteiger partial charge in [0.25, 0.3) is 0 Å². The summed E-state index contributed by atoms with van der Waals surface area (Å²) in [4.78, 5) is 13.0. The number of aromatic nitrogens is 2. The molecule has 0 saturated heterocycles. The molecule has 0 aliphatic heterocycles. The van der Waals surface area contributed by atoms with Crippen LogP contribution in [0.15, 0.2) is 48.8 Å². The predicted molar refractivity (Wildman–Crippen MR) is 180 cm³/mol. The monoisotopic (exact) mass is 682 g/mol. The average molecular weight is 683 g/mol. The third-order valence-corrected chi connectivity index (χ3v) is 10.4. The van der Waals surface area contributed by atoms with Gasteiger partial charge in [0.2, 0.25) is 5.95 Å². The van der Waals surface area contributed by atoms with Crippen molar-refractivity contribution in [1.82, 2.24) is 9.97 Å². The highest BCUT2D eigenvalue weighted by Crippen LogP contribution is 2.40. The molecule has 5 nitrogen and oxygen atoms in total. The minimum Gasteiger partial charge on any atom is -0.490 e. The normalized spacial score (nSPS) is 15.6. The van der Waals surface area contributed by atoms with E-state index in [0.29, 0.717) is 18.3 Å². The molecule has 1 heterocycles. The van der Waals surface area contributed by atoms with Crippen LogP contribution in [0.2, 0.25) is 0 Å². The maximum Gasteiger partial charge on any atom is 0.416 e. The lowest BCUT2D eigenvalue weighted by Crippen LogP contribution is -2.32. The SMILES string of the molecule is C/C=S(\C)CCOc1cnc(N(Cc2cc(C)ccc2N(CC)CC2CCCC2)C(C)c2cc(C(F)(F)F)cc(C(F)(F)F)c2)nc1. The number of hydrogen-bond acceptors (Lipinski definition) is 5. The maximum atomic E-state index is 13.9. The van der Waals surface area contributed by atoms with Gasteiger partial charge in [-0.05, 0) is 88.1 Å². The van der Waals surface area contributed by atoms with Crippen LogP contribution in [0, 0.1) is 12.8 Å². The van der Waals surface area contributed by atoms with Gasteiger partial charge in [-0.2, -0.15) is 36.8 Å². The Morgan fingerprint density at radius 3 is 2.15 bits per heavy atom. The fourth-order valence-corrected chi connectivity index (χ4v) is 6.54. The molecular weight excluding hydrogens is 638 g/mol. The Balaban J connectivity index is 1.77. The van der Waals surface area contributed by atoms with E-state index in [1.54, 1.807) is 11.8 Å². The van der Waals surface area contributed by atoms with Gasteiger partial charge in [0.15, 0.2) is 5.75 Å². The van der Waals surface area contributed by atoms with Crippen LogP contribution in [-0.2, 0) is 18.9 Å². The molecule has 2 unspecified atom stereocenters. The molecule has 0 spiro atoms. The van der Waals surface area contributed by atoms with Crippen LogP contribution in [0.3, 0.4) is 0 Å². The number of halogens is 6. The van der Waals surface area contributed by atoms with Crippen LogP contribution in [-0.4, -0.2) is 47.0 Å². The molecule has 1 aliphatic rings. The zero-order valence-electron chi connectivity index (χ0n) is 27.6.